The molecule has 0 saturated heterocycles. The van der Waals surface area contributed by atoms with Crippen molar-refractivity contribution >= 4 is 17.3 Å². The first-order valence-corrected chi connectivity index (χ1v) is 6.25. The molecule has 1 aromatic carbocycles. The van der Waals surface area contributed by atoms with E-state index >= 15 is 0 Å². The van der Waals surface area contributed by atoms with Gasteiger partial charge >= 0.3 is 5.76 Å². The van der Waals surface area contributed by atoms with E-state index in [2.05, 4.69) is 4.99 Å². The van der Waals surface area contributed by atoms with Crippen molar-refractivity contribution in [3.8, 4) is 0 Å². The molecule has 2 heterocycles. The standard InChI is InChI=1S/C14H15FN2O2/c1-14(15)6-10(7-16-8-14)9-3-4-12-11(5-9)17(2)13(18)19-12/h3-5,7,10H,6,8H2,1-2H3/t10?,14-/m0/s1. The van der Waals surface area contributed by atoms with Crippen molar-refractivity contribution in [3.05, 3.63) is 34.3 Å². The average Bonchev–Trinajstić information content (AvgIpc) is 2.64. The molecule has 0 fully saturated rings. The van der Waals surface area contributed by atoms with Gasteiger partial charge in [0.1, 0.15) is 5.67 Å². The monoisotopic (exact) mass is 262 g/mol. The van der Waals surface area contributed by atoms with Gasteiger partial charge in [0, 0.05) is 19.2 Å². The van der Waals surface area contributed by atoms with Crippen molar-refractivity contribution in [1.29, 1.82) is 0 Å². The van der Waals surface area contributed by atoms with Gasteiger partial charge in [-0.1, -0.05) is 6.07 Å². The summed E-state index contributed by atoms with van der Waals surface area (Å²) in [6.45, 7) is 1.79. The number of aromatic nitrogens is 1. The molecule has 2 aromatic rings. The van der Waals surface area contributed by atoms with E-state index in [1.54, 1.807) is 26.3 Å². The fourth-order valence-corrected chi connectivity index (χ4v) is 2.52. The number of aliphatic imine (C=N–C) groups is 1. The minimum absolute atomic E-state index is 0.0573. The lowest BCUT2D eigenvalue weighted by atomic mass is 9.86. The van der Waals surface area contributed by atoms with Crippen LogP contribution in [0.1, 0.15) is 24.8 Å². The summed E-state index contributed by atoms with van der Waals surface area (Å²) in [5, 5.41) is 0. The van der Waals surface area contributed by atoms with E-state index in [9.17, 15) is 9.18 Å². The Morgan fingerprint density at radius 1 is 1.53 bits per heavy atom. The summed E-state index contributed by atoms with van der Waals surface area (Å²) in [7, 11) is 1.66. The number of nitrogens with zero attached hydrogens (tertiary/aromatic N) is 2. The Balaban J connectivity index is 2.06. The Bertz CT molecular complexity index is 712. The lowest BCUT2D eigenvalue weighted by Crippen LogP contribution is -2.29. The molecule has 1 aromatic heterocycles. The number of hydrogen-bond acceptors (Lipinski definition) is 3. The largest absolute Gasteiger partial charge is 0.419 e. The third-order valence-corrected chi connectivity index (χ3v) is 3.60. The first-order chi connectivity index (χ1) is 8.96. The Hall–Kier alpha value is -1.91. The summed E-state index contributed by atoms with van der Waals surface area (Å²) in [4.78, 5) is 15.5. The minimum atomic E-state index is -1.27. The molecule has 0 bridgehead atoms. The molecule has 1 aliphatic heterocycles. The van der Waals surface area contributed by atoms with Crippen LogP contribution in [-0.4, -0.2) is 23.0 Å². The number of benzene rings is 1. The molecule has 19 heavy (non-hydrogen) atoms. The van der Waals surface area contributed by atoms with Crippen LogP contribution in [0.5, 0.6) is 0 Å². The first kappa shape index (κ1) is 12.1. The molecule has 0 radical (unpaired) electrons. The number of hydrogen-bond donors (Lipinski definition) is 0. The van der Waals surface area contributed by atoms with Crippen LogP contribution in [0.3, 0.4) is 0 Å². The quantitative estimate of drug-likeness (QED) is 0.792. The van der Waals surface area contributed by atoms with Crippen molar-refractivity contribution in [1.82, 2.24) is 4.57 Å². The molecule has 1 aliphatic rings. The maximum Gasteiger partial charge on any atom is 0.419 e. The average molecular weight is 262 g/mol. The van der Waals surface area contributed by atoms with Crippen LogP contribution < -0.4 is 5.76 Å². The van der Waals surface area contributed by atoms with E-state index in [0.29, 0.717) is 12.0 Å². The number of halogens is 1. The molecule has 0 aliphatic carbocycles. The molecule has 2 atom stereocenters. The van der Waals surface area contributed by atoms with Crippen LogP contribution >= 0.6 is 0 Å². The van der Waals surface area contributed by atoms with Gasteiger partial charge in [-0.15, -0.1) is 0 Å². The SMILES string of the molecule is Cn1c(=O)oc2ccc(C3C=NC[C@@](C)(F)C3)cc21. The zero-order valence-electron chi connectivity index (χ0n) is 10.9. The second-order valence-corrected chi connectivity index (χ2v) is 5.37. The van der Waals surface area contributed by atoms with E-state index in [1.807, 2.05) is 12.1 Å². The van der Waals surface area contributed by atoms with E-state index in [-0.39, 0.29) is 18.2 Å². The van der Waals surface area contributed by atoms with Gasteiger partial charge in [0.25, 0.3) is 0 Å². The highest BCUT2D eigenvalue weighted by Gasteiger charge is 2.30. The highest BCUT2D eigenvalue weighted by atomic mass is 19.1. The molecule has 0 N–H and O–H groups in total. The third kappa shape index (κ3) is 2.09. The van der Waals surface area contributed by atoms with Crippen LogP contribution in [0.4, 0.5) is 4.39 Å². The lowest BCUT2D eigenvalue weighted by Gasteiger charge is -2.27. The molecule has 0 spiro atoms. The zero-order valence-corrected chi connectivity index (χ0v) is 10.9. The smallest absolute Gasteiger partial charge is 0.408 e. The van der Waals surface area contributed by atoms with Gasteiger partial charge in [-0.05, 0) is 31.0 Å². The predicted octanol–water partition coefficient (Wildman–Crippen LogP) is 2.42. The zero-order chi connectivity index (χ0) is 13.6. The Morgan fingerprint density at radius 3 is 3.05 bits per heavy atom. The molecule has 3 rings (SSSR count). The minimum Gasteiger partial charge on any atom is -0.408 e. The summed E-state index contributed by atoms with van der Waals surface area (Å²) in [5.41, 5.74) is 0.960. The van der Waals surface area contributed by atoms with E-state index < -0.39 is 5.67 Å². The van der Waals surface area contributed by atoms with Gasteiger partial charge in [0.05, 0.1) is 12.1 Å². The second kappa shape index (κ2) is 4.05. The van der Waals surface area contributed by atoms with Crippen molar-refractivity contribution in [3.63, 3.8) is 0 Å². The van der Waals surface area contributed by atoms with Crippen molar-refractivity contribution < 1.29 is 8.81 Å². The Labute approximate surface area is 109 Å². The first-order valence-electron chi connectivity index (χ1n) is 6.25. The second-order valence-electron chi connectivity index (χ2n) is 5.37. The normalized spacial score (nSPS) is 27.0. The van der Waals surface area contributed by atoms with Crippen LogP contribution in [0.25, 0.3) is 11.1 Å². The molecule has 0 saturated carbocycles. The fraction of sp³-hybridized carbons (Fsp3) is 0.429. The fourth-order valence-electron chi connectivity index (χ4n) is 2.52. The molecule has 0 amide bonds. The van der Waals surface area contributed by atoms with Gasteiger partial charge < -0.3 is 4.42 Å². The van der Waals surface area contributed by atoms with Gasteiger partial charge in [0.2, 0.25) is 0 Å². The molecule has 100 valence electrons. The Kier molecular flexibility index (Phi) is 2.59. The number of rotatable bonds is 1. The van der Waals surface area contributed by atoms with Crippen molar-refractivity contribution in [2.75, 3.05) is 6.54 Å². The van der Waals surface area contributed by atoms with Gasteiger partial charge in [-0.3, -0.25) is 9.56 Å². The topological polar surface area (TPSA) is 47.5 Å². The molecule has 4 nitrogen and oxygen atoms in total. The third-order valence-electron chi connectivity index (χ3n) is 3.60. The number of alkyl halides is 1. The van der Waals surface area contributed by atoms with Crippen molar-refractivity contribution in [2.24, 2.45) is 12.0 Å². The predicted molar refractivity (Wildman–Crippen MR) is 71.7 cm³/mol. The summed E-state index contributed by atoms with van der Waals surface area (Å²) >= 11 is 0. The highest BCUT2D eigenvalue weighted by Crippen LogP contribution is 2.32. The summed E-state index contributed by atoms with van der Waals surface area (Å²) in [6, 6.07) is 5.49. The summed E-state index contributed by atoms with van der Waals surface area (Å²) in [6.07, 6.45) is 2.20. The Morgan fingerprint density at radius 2 is 2.32 bits per heavy atom. The van der Waals surface area contributed by atoms with E-state index in [1.165, 1.54) is 4.57 Å². The maximum absolute atomic E-state index is 14.0. The number of fused-ring (bicyclic) bond motifs is 1. The molecular weight excluding hydrogens is 247 g/mol. The summed E-state index contributed by atoms with van der Waals surface area (Å²) < 4.78 is 20.6. The maximum atomic E-state index is 14.0. The van der Waals surface area contributed by atoms with Gasteiger partial charge in [0.15, 0.2) is 5.58 Å². The van der Waals surface area contributed by atoms with Gasteiger partial charge in [-0.2, -0.15) is 0 Å². The summed E-state index contributed by atoms with van der Waals surface area (Å²) in [5.74, 6) is -0.446. The molecular formula is C14H15FN2O2. The van der Waals surface area contributed by atoms with Crippen molar-refractivity contribution in [2.45, 2.75) is 24.9 Å². The van der Waals surface area contributed by atoms with Crippen LogP contribution in [0.2, 0.25) is 0 Å². The van der Waals surface area contributed by atoms with E-state index in [4.69, 9.17) is 4.42 Å². The van der Waals surface area contributed by atoms with Crippen LogP contribution in [0, 0.1) is 0 Å². The van der Waals surface area contributed by atoms with Crippen LogP contribution in [0.15, 0.2) is 32.4 Å². The van der Waals surface area contributed by atoms with E-state index in [0.717, 1.165) is 11.1 Å². The van der Waals surface area contributed by atoms with Gasteiger partial charge in [-0.25, -0.2) is 9.18 Å². The van der Waals surface area contributed by atoms with Crippen LogP contribution in [-0.2, 0) is 7.05 Å². The highest BCUT2D eigenvalue weighted by molar-refractivity contribution is 5.77. The number of aryl methyl sites for hydroxylation is 1. The number of oxazole rings is 1. The molecule has 1 unspecified atom stereocenters. The lowest BCUT2D eigenvalue weighted by molar-refractivity contribution is 0.177. The molecule has 5 heteroatoms.